The molecule has 88 valence electrons. The highest BCUT2D eigenvalue weighted by molar-refractivity contribution is 6.33. The number of halogens is 1. The van der Waals surface area contributed by atoms with Crippen LogP contribution in [0.25, 0.3) is 0 Å². The Balaban J connectivity index is 2.76. The first-order valence-corrected chi connectivity index (χ1v) is 5.44. The fourth-order valence-corrected chi connectivity index (χ4v) is 1.70. The molecular formula is C11H15ClN2O2. The van der Waals surface area contributed by atoms with E-state index >= 15 is 0 Å². The fourth-order valence-electron chi connectivity index (χ4n) is 1.45. The lowest BCUT2D eigenvalue weighted by molar-refractivity contribution is -0.136. The highest BCUT2D eigenvalue weighted by Gasteiger charge is 2.10. The van der Waals surface area contributed by atoms with Crippen molar-refractivity contribution in [2.75, 3.05) is 24.5 Å². The van der Waals surface area contributed by atoms with Gasteiger partial charge in [0.15, 0.2) is 0 Å². The van der Waals surface area contributed by atoms with Crippen LogP contribution in [0.1, 0.15) is 6.42 Å². The number of nitrogens with zero attached hydrogens (tertiary/aromatic N) is 1. The zero-order valence-electron chi connectivity index (χ0n) is 8.90. The van der Waals surface area contributed by atoms with Crippen molar-refractivity contribution in [2.24, 2.45) is 5.73 Å². The largest absolute Gasteiger partial charge is 0.481 e. The maximum absolute atomic E-state index is 10.5. The van der Waals surface area contributed by atoms with Crippen molar-refractivity contribution >= 4 is 23.3 Å². The summed E-state index contributed by atoms with van der Waals surface area (Å²) >= 11 is 6.04. The molecule has 0 amide bonds. The Hall–Kier alpha value is -1.26. The normalized spacial score (nSPS) is 10.1. The van der Waals surface area contributed by atoms with E-state index in [0.29, 0.717) is 24.7 Å². The average molecular weight is 243 g/mol. The van der Waals surface area contributed by atoms with E-state index in [-0.39, 0.29) is 6.42 Å². The number of benzene rings is 1. The second-order valence-electron chi connectivity index (χ2n) is 3.37. The lowest BCUT2D eigenvalue weighted by Crippen LogP contribution is -2.31. The van der Waals surface area contributed by atoms with Gasteiger partial charge in [-0.25, -0.2) is 0 Å². The van der Waals surface area contributed by atoms with Gasteiger partial charge in [0.05, 0.1) is 17.1 Å². The Morgan fingerprint density at radius 3 is 2.62 bits per heavy atom. The van der Waals surface area contributed by atoms with Crippen molar-refractivity contribution in [3.8, 4) is 0 Å². The van der Waals surface area contributed by atoms with Gasteiger partial charge in [0.25, 0.3) is 0 Å². The fraction of sp³-hybridized carbons (Fsp3) is 0.364. The van der Waals surface area contributed by atoms with E-state index in [2.05, 4.69) is 0 Å². The van der Waals surface area contributed by atoms with E-state index in [4.69, 9.17) is 22.4 Å². The van der Waals surface area contributed by atoms with Crippen molar-refractivity contribution in [2.45, 2.75) is 6.42 Å². The summed E-state index contributed by atoms with van der Waals surface area (Å²) in [4.78, 5) is 12.4. The van der Waals surface area contributed by atoms with Crippen molar-refractivity contribution in [1.82, 2.24) is 0 Å². The Morgan fingerprint density at radius 1 is 1.38 bits per heavy atom. The zero-order chi connectivity index (χ0) is 12.0. The van der Waals surface area contributed by atoms with Crippen LogP contribution in [-0.4, -0.2) is 30.7 Å². The third kappa shape index (κ3) is 3.72. The Morgan fingerprint density at radius 2 is 2.06 bits per heavy atom. The van der Waals surface area contributed by atoms with Gasteiger partial charge >= 0.3 is 5.97 Å². The van der Waals surface area contributed by atoms with E-state index in [0.717, 1.165) is 5.69 Å². The maximum Gasteiger partial charge on any atom is 0.305 e. The van der Waals surface area contributed by atoms with Crippen LogP contribution >= 0.6 is 11.6 Å². The number of hydrogen-bond donors (Lipinski definition) is 2. The van der Waals surface area contributed by atoms with Crippen molar-refractivity contribution < 1.29 is 9.90 Å². The van der Waals surface area contributed by atoms with Crippen LogP contribution in [0.2, 0.25) is 5.02 Å². The second-order valence-corrected chi connectivity index (χ2v) is 3.78. The number of carbonyl (C=O) groups is 1. The van der Waals surface area contributed by atoms with Crippen LogP contribution in [0.5, 0.6) is 0 Å². The molecule has 1 rings (SSSR count). The van der Waals surface area contributed by atoms with E-state index in [1.807, 2.05) is 23.1 Å². The molecule has 0 atom stereocenters. The Labute approximate surface area is 99.6 Å². The third-order valence-electron chi connectivity index (χ3n) is 2.19. The van der Waals surface area contributed by atoms with Gasteiger partial charge in [-0.2, -0.15) is 0 Å². The molecule has 0 bridgehead atoms. The summed E-state index contributed by atoms with van der Waals surface area (Å²) in [5.41, 5.74) is 6.32. The number of anilines is 1. The van der Waals surface area contributed by atoms with Crippen LogP contribution in [-0.2, 0) is 4.79 Å². The molecule has 0 saturated carbocycles. The average Bonchev–Trinajstić information content (AvgIpc) is 2.25. The summed E-state index contributed by atoms with van der Waals surface area (Å²) < 4.78 is 0. The van der Waals surface area contributed by atoms with Crippen molar-refractivity contribution in [3.63, 3.8) is 0 Å². The van der Waals surface area contributed by atoms with Crippen LogP contribution in [0.15, 0.2) is 24.3 Å². The van der Waals surface area contributed by atoms with E-state index in [1.165, 1.54) is 0 Å². The first-order chi connectivity index (χ1) is 7.65. The molecule has 0 saturated heterocycles. The van der Waals surface area contributed by atoms with Crippen molar-refractivity contribution in [3.05, 3.63) is 29.3 Å². The lowest BCUT2D eigenvalue weighted by Gasteiger charge is -2.24. The van der Waals surface area contributed by atoms with Crippen molar-refractivity contribution in [1.29, 1.82) is 0 Å². The minimum absolute atomic E-state index is 0.0746. The molecule has 16 heavy (non-hydrogen) atoms. The lowest BCUT2D eigenvalue weighted by atomic mass is 10.2. The van der Waals surface area contributed by atoms with Gasteiger partial charge in [0.1, 0.15) is 0 Å². The number of aliphatic carboxylic acids is 1. The quantitative estimate of drug-likeness (QED) is 0.795. The molecule has 0 aliphatic rings. The summed E-state index contributed by atoms with van der Waals surface area (Å²) in [7, 11) is 0. The molecule has 5 heteroatoms. The molecule has 1 aromatic rings. The predicted octanol–water partition coefficient (Wildman–Crippen LogP) is 1.58. The highest BCUT2D eigenvalue weighted by Crippen LogP contribution is 2.24. The maximum atomic E-state index is 10.5. The number of nitrogens with two attached hydrogens (primary N) is 1. The number of rotatable bonds is 6. The van der Waals surface area contributed by atoms with Gasteiger partial charge in [0, 0.05) is 19.6 Å². The van der Waals surface area contributed by atoms with Crippen LogP contribution in [0, 0.1) is 0 Å². The minimum atomic E-state index is -0.825. The Kier molecular flexibility index (Phi) is 5.08. The smallest absolute Gasteiger partial charge is 0.305 e. The molecule has 0 spiro atoms. The summed E-state index contributed by atoms with van der Waals surface area (Å²) in [5.74, 6) is -0.825. The molecular weight excluding hydrogens is 228 g/mol. The first kappa shape index (κ1) is 12.8. The molecule has 0 radical (unpaired) electrons. The van der Waals surface area contributed by atoms with Gasteiger partial charge in [-0.15, -0.1) is 0 Å². The number of carboxylic acid groups (broad SMARTS) is 1. The van der Waals surface area contributed by atoms with Gasteiger partial charge in [-0.1, -0.05) is 23.7 Å². The molecule has 3 N–H and O–H groups in total. The van der Waals surface area contributed by atoms with Gasteiger partial charge in [0.2, 0.25) is 0 Å². The van der Waals surface area contributed by atoms with E-state index in [1.54, 1.807) is 6.07 Å². The van der Waals surface area contributed by atoms with Crippen LogP contribution < -0.4 is 10.6 Å². The van der Waals surface area contributed by atoms with Gasteiger partial charge in [-0.3, -0.25) is 4.79 Å². The topological polar surface area (TPSA) is 66.6 Å². The highest BCUT2D eigenvalue weighted by atomic mass is 35.5. The molecule has 0 unspecified atom stereocenters. The summed E-state index contributed by atoms with van der Waals surface area (Å²) in [6, 6.07) is 7.34. The molecule has 4 nitrogen and oxygen atoms in total. The Bertz CT molecular complexity index is 358. The third-order valence-corrected chi connectivity index (χ3v) is 2.51. The molecule has 1 aromatic carbocycles. The molecule has 0 aromatic heterocycles. The van der Waals surface area contributed by atoms with E-state index < -0.39 is 5.97 Å². The summed E-state index contributed by atoms with van der Waals surface area (Å²) in [6.45, 7) is 1.47. The number of carboxylic acids is 1. The van der Waals surface area contributed by atoms with Gasteiger partial charge in [-0.05, 0) is 12.1 Å². The second kappa shape index (κ2) is 6.35. The molecule has 0 fully saturated rings. The minimum Gasteiger partial charge on any atom is -0.481 e. The summed E-state index contributed by atoms with van der Waals surface area (Å²) in [6.07, 6.45) is 0.0746. The monoisotopic (exact) mass is 242 g/mol. The SMILES string of the molecule is NCCN(CCC(=O)O)c1ccccc1Cl. The van der Waals surface area contributed by atoms with Crippen LogP contribution in [0.3, 0.4) is 0 Å². The number of para-hydroxylation sites is 1. The van der Waals surface area contributed by atoms with Gasteiger partial charge < -0.3 is 15.7 Å². The predicted molar refractivity (Wildman–Crippen MR) is 65.0 cm³/mol. The van der Waals surface area contributed by atoms with E-state index in [9.17, 15) is 4.79 Å². The first-order valence-electron chi connectivity index (χ1n) is 5.06. The molecule has 0 aliphatic heterocycles. The number of hydrogen-bond acceptors (Lipinski definition) is 3. The van der Waals surface area contributed by atoms with Crippen LogP contribution in [0.4, 0.5) is 5.69 Å². The zero-order valence-corrected chi connectivity index (χ0v) is 9.65. The summed E-state index contributed by atoms with van der Waals surface area (Å²) in [5, 5.41) is 9.27. The standard InChI is InChI=1S/C11H15ClN2O2/c12-9-3-1-2-4-10(9)14(8-6-13)7-5-11(15)16/h1-4H,5-8,13H2,(H,15,16). The molecule has 0 aliphatic carbocycles. The molecule has 0 heterocycles.